The van der Waals surface area contributed by atoms with E-state index in [0.29, 0.717) is 11.0 Å². The van der Waals surface area contributed by atoms with Crippen molar-refractivity contribution in [3.05, 3.63) is 12.3 Å². The van der Waals surface area contributed by atoms with E-state index in [1.165, 1.54) is 31.9 Å². The standard InChI is InChI=1S/C12H22N2/c1-10(2)13-6-12(7-13)8-14(9-12)11(3,4)5/h1,6-9H2,2-5H3. The molecule has 14 heavy (non-hydrogen) atoms. The van der Waals surface area contributed by atoms with Crippen LogP contribution in [-0.4, -0.2) is 41.5 Å². The van der Waals surface area contributed by atoms with Crippen LogP contribution in [0.15, 0.2) is 12.3 Å². The molecule has 0 aromatic heterocycles. The summed E-state index contributed by atoms with van der Waals surface area (Å²) < 4.78 is 0. The van der Waals surface area contributed by atoms with E-state index in [4.69, 9.17) is 0 Å². The van der Waals surface area contributed by atoms with Gasteiger partial charge in [-0.1, -0.05) is 6.58 Å². The molecule has 0 aromatic rings. The lowest BCUT2D eigenvalue weighted by Crippen LogP contribution is -2.74. The first kappa shape index (κ1) is 10.0. The average Bonchev–Trinajstić information content (AvgIpc) is 1.74. The van der Waals surface area contributed by atoms with Gasteiger partial charge in [0.15, 0.2) is 0 Å². The maximum atomic E-state index is 3.98. The molecule has 0 aromatic carbocycles. The van der Waals surface area contributed by atoms with Gasteiger partial charge in [0, 0.05) is 42.8 Å². The summed E-state index contributed by atoms with van der Waals surface area (Å²) in [6.45, 7) is 18.0. The van der Waals surface area contributed by atoms with Crippen LogP contribution in [0.25, 0.3) is 0 Å². The lowest BCUT2D eigenvalue weighted by atomic mass is 9.71. The molecule has 2 nitrogen and oxygen atoms in total. The normalized spacial score (nSPS) is 25.9. The molecule has 0 bridgehead atoms. The first-order valence-corrected chi connectivity index (χ1v) is 5.48. The van der Waals surface area contributed by atoms with E-state index in [0.717, 1.165) is 0 Å². The number of rotatable bonds is 1. The van der Waals surface area contributed by atoms with Crippen LogP contribution in [0.2, 0.25) is 0 Å². The van der Waals surface area contributed by atoms with Crippen LogP contribution in [-0.2, 0) is 0 Å². The van der Waals surface area contributed by atoms with Gasteiger partial charge in [-0.2, -0.15) is 0 Å². The number of likely N-dealkylation sites (tertiary alicyclic amines) is 2. The minimum Gasteiger partial charge on any atom is -0.374 e. The van der Waals surface area contributed by atoms with Crippen LogP contribution < -0.4 is 0 Å². The summed E-state index contributed by atoms with van der Waals surface area (Å²) in [6, 6.07) is 0. The molecule has 0 atom stereocenters. The van der Waals surface area contributed by atoms with E-state index in [-0.39, 0.29) is 0 Å². The highest BCUT2D eigenvalue weighted by atomic mass is 15.3. The molecule has 2 heterocycles. The van der Waals surface area contributed by atoms with Gasteiger partial charge in [-0.3, -0.25) is 4.90 Å². The molecule has 0 amide bonds. The molecule has 2 saturated heterocycles. The molecule has 2 fully saturated rings. The highest BCUT2D eigenvalue weighted by molar-refractivity contribution is 5.12. The maximum Gasteiger partial charge on any atom is 0.0308 e. The largest absolute Gasteiger partial charge is 0.374 e. The van der Waals surface area contributed by atoms with Crippen molar-refractivity contribution >= 4 is 0 Å². The Morgan fingerprint density at radius 1 is 1.14 bits per heavy atom. The summed E-state index contributed by atoms with van der Waals surface area (Å²) in [5.41, 5.74) is 2.20. The minimum absolute atomic E-state index is 0.356. The fourth-order valence-electron chi connectivity index (χ4n) is 2.47. The zero-order valence-electron chi connectivity index (χ0n) is 9.93. The fraction of sp³-hybridized carbons (Fsp3) is 0.833. The van der Waals surface area contributed by atoms with Gasteiger partial charge < -0.3 is 4.90 Å². The van der Waals surface area contributed by atoms with Crippen molar-refractivity contribution < 1.29 is 0 Å². The zero-order valence-corrected chi connectivity index (χ0v) is 9.93. The Balaban J connectivity index is 1.83. The number of hydrogen-bond donors (Lipinski definition) is 0. The first-order valence-electron chi connectivity index (χ1n) is 5.48. The molecule has 2 heteroatoms. The van der Waals surface area contributed by atoms with Crippen molar-refractivity contribution in [3.63, 3.8) is 0 Å². The van der Waals surface area contributed by atoms with E-state index >= 15 is 0 Å². The molecule has 1 spiro atoms. The SMILES string of the molecule is C=C(C)N1CC2(C1)CN(C(C)(C)C)C2. The molecular weight excluding hydrogens is 172 g/mol. The number of nitrogens with zero attached hydrogens (tertiary/aromatic N) is 2. The van der Waals surface area contributed by atoms with Gasteiger partial charge in [0.05, 0.1) is 0 Å². The van der Waals surface area contributed by atoms with Gasteiger partial charge in [0.25, 0.3) is 0 Å². The molecule has 0 saturated carbocycles. The van der Waals surface area contributed by atoms with Crippen LogP contribution in [0.4, 0.5) is 0 Å². The Bertz CT molecular complexity index is 248. The van der Waals surface area contributed by atoms with Gasteiger partial charge in [-0.05, 0) is 27.7 Å². The quantitative estimate of drug-likeness (QED) is 0.629. The fourth-order valence-corrected chi connectivity index (χ4v) is 2.47. The van der Waals surface area contributed by atoms with Crippen molar-refractivity contribution in [2.45, 2.75) is 33.2 Å². The van der Waals surface area contributed by atoms with E-state index in [1.807, 2.05) is 0 Å². The molecule has 0 unspecified atom stereocenters. The second-order valence-electron chi connectivity index (χ2n) is 6.12. The van der Waals surface area contributed by atoms with Crippen molar-refractivity contribution in [1.82, 2.24) is 9.80 Å². The molecular formula is C12H22N2. The van der Waals surface area contributed by atoms with Gasteiger partial charge in [0.1, 0.15) is 0 Å². The van der Waals surface area contributed by atoms with E-state index in [1.54, 1.807) is 0 Å². The third-order valence-corrected chi connectivity index (χ3v) is 3.59. The van der Waals surface area contributed by atoms with Crippen LogP contribution in [0.1, 0.15) is 27.7 Å². The Morgan fingerprint density at radius 3 is 2.00 bits per heavy atom. The summed E-state index contributed by atoms with van der Waals surface area (Å²) in [7, 11) is 0. The van der Waals surface area contributed by atoms with Crippen molar-refractivity contribution in [1.29, 1.82) is 0 Å². The molecule has 2 rings (SSSR count). The summed E-state index contributed by atoms with van der Waals surface area (Å²) >= 11 is 0. The lowest BCUT2D eigenvalue weighted by molar-refractivity contribution is -0.133. The summed E-state index contributed by atoms with van der Waals surface area (Å²) in [6.07, 6.45) is 0. The van der Waals surface area contributed by atoms with E-state index in [2.05, 4.69) is 44.1 Å². The van der Waals surface area contributed by atoms with Crippen LogP contribution in [0.3, 0.4) is 0 Å². The van der Waals surface area contributed by atoms with Crippen LogP contribution in [0, 0.1) is 5.41 Å². The summed E-state index contributed by atoms with van der Waals surface area (Å²) in [5.74, 6) is 0. The second kappa shape index (κ2) is 2.75. The molecule has 80 valence electrons. The molecule has 2 aliphatic rings. The summed E-state index contributed by atoms with van der Waals surface area (Å²) in [5, 5.41) is 0. The Kier molecular flexibility index (Phi) is 1.97. The third-order valence-electron chi connectivity index (χ3n) is 3.59. The predicted molar refractivity (Wildman–Crippen MR) is 60.1 cm³/mol. The van der Waals surface area contributed by atoms with Crippen LogP contribution >= 0.6 is 0 Å². The van der Waals surface area contributed by atoms with Gasteiger partial charge in [-0.25, -0.2) is 0 Å². The monoisotopic (exact) mass is 194 g/mol. The van der Waals surface area contributed by atoms with E-state index in [9.17, 15) is 0 Å². The molecule has 2 aliphatic heterocycles. The number of hydrogen-bond acceptors (Lipinski definition) is 2. The third kappa shape index (κ3) is 1.46. The van der Waals surface area contributed by atoms with Gasteiger partial charge >= 0.3 is 0 Å². The van der Waals surface area contributed by atoms with Crippen molar-refractivity contribution in [3.8, 4) is 0 Å². The highest BCUT2D eigenvalue weighted by Gasteiger charge is 2.53. The van der Waals surface area contributed by atoms with Crippen molar-refractivity contribution in [2.24, 2.45) is 5.41 Å². The summed E-state index contributed by atoms with van der Waals surface area (Å²) in [4.78, 5) is 4.96. The topological polar surface area (TPSA) is 6.48 Å². The first-order chi connectivity index (χ1) is 6.32. The second-order valence-corrected chi connectivity index (χ2v) is 6.12. The average molecular weight is 194 g/mol. The lowest BCUT2D eigenvalue weighted by Gasteiger charge is -2.64. The minimum atomic E-state index is 0.356. The number of allylic oxidation sites excluding steroid dienone is 1. The van der Waals surface area contributed by atoms with Gasteiger partial charge in [-0.15, -0.1) is 0 Å². The Labute approximate surface area is 87.6 Å². The zero-order chi connectivity index (χ0) is 10.6. The molecule has 0 N–H and O–H groups in total. The Morgan fingerprint density at radius 2 is 1.64 bits per heavy atom. The Hall–Kier alpha value is -0.500. The van der Waals surface area contributed by atoms with Gasteiger partial charge in [0.2, 0.25) is 0 Å². The molecule has 0 radical (unpaired) electrons. The van der Waals surface area contributed by atoms with E-state index < -0.39 is 0 Å². The van der Waals surface area contributed by atoms with Crippen molar-refractivity contribution in [2.75, 3.05) is 26.2 Å². The highest BCUT2D eigenvalue weighted by Crippen LogP contribution is 2.43. The van der Waals surface area contributed by atoms with Crippen LogP contribution in [0.5, 0.6) is 0 Å². The predicted octanol–water partition coefficient (Wildman–Crippen LogP) is 1.94. The smallest absolute Gasteiger partial charge is 0.0308 e. The molecule has 0 aliphatic carbocycles. The maximum absolute atomic E-state index is 3.98.